The molecule has 0 spiro atoms. The number of carboxylic acids is 1. The van der Waals surface area contributed by atoms with Crippen LogP contribution in [0, 0.1) is 0 Å². The molecule has 3 nitrogen and oxygen atoms in total. The van der Waals surface area contributed by atoms with Crippen LogP contribution >= 0.6 is 0 Å². The molecule has 1 aromatic carbocycles. The summed E-state index contributed by atoms with van der Waals surface area (Å²) < 4.78 is 0. The number of rotatable bonds is 3. The van der Waals surface area contributed by atoms with Gasteiger partial charge < -0.3 is 9.90 Å². The molecule has 0 aliphatic rings. The minimum absolute atomic E-state index is 0. The summed E-state index contributed by atoms with van der Waals surface area (Å²) >= 11 is 0. The van der Waals surface area contributed by atoms with Gasteiger partial charge in [-0.2, -0.15) is 0 Å². The summed E-state index contributed by atoms with van der Waals surface area (Å²) in [5.74, 6) is -1.35. The molecule has 4 heteroatoms. The monoisotopic (exact) mass is 214 g/mol. The predicted octanol–water partition coefficient (Wildman–Crippen LogP) is -2.18. The molecule has 0 atom stereocenters. The fourth-order valence-corrected chi connectivity index (χ4v) is 1.49. The molecule has 0 saturated heterocycles. The molecule has 0 aliphatic carbocycles. The molecular weight excluding hydrogens is 203 g/mol. The third kappa shape index (κ3) is 3.16. The van der Waals surface area contributed by atoms with Crippen molar-refractivity contribution in [3.63, 3.8) is 0 Å². The van der Waals surface area contributed by atoms with E-state index in [9.17, 15) is 14.7 Å². The first-order chi connectivity index (χ1) is 6.57. The van der Waals surface area contributed by atoms with Gasteiger partial charge in [-0.3, -0.25) is 4.79 Å². The van der Waals surface area contributed by atoms with Gasteiger partial charge in [-0.1, -0.05) is 25.1 Å². The van der Waals surface area contributed by atoms with Gasteiger partial charge in [0.05, 0.1) is 5.97 Å². The molecule has 1 aromatic rings. The van der Waals surface area contributed by atoms with Crippen LogP contribution in [0.5, 0.6) is 0 Å². The maximum absolute atomic E-state index is 11.2. The van der Waals surface area contributed by atoms with E-state index < -0.39 is 5.97 Å². The topological polar surface area (TPSA) is 57.2 Å². The van der Waals surface area contributed by atoms with Crippen LogP contribution in [0.25, 0.3) is 0 Å². The average Bonchev–Trinajstić information content (AvgIpc) is 2.16. The number of benzene rings is 1. The Kier molecular flexibility index (Phi) is 5.80. The molecule has 0 radical (unpaired) electrons. The summed E-state index contributed by atoms with van der Waals surface area (Å²) in [6, 6.07) is 4.65. The van der Waals surface area contributed by atoms with Crippen molar-refractivity contribution in [3.8, 4) is 0 Å². The van der Waals surface area contributed by atoms with E-state index in [0.717, 1.165) is 0 Å². The van der Waals surface area contributed by atoms with Crippen molar-refractivity contribution in [2.24, 2.45) is 0 Å². The second-order valence-electron chi connectivity index (χ2n) is 3.03. The molecule has 74 valence electrons. The van der Waals surface area contributed by atoms with Crippen molar-refractivity contribution in [1.29, 1.82) is 0 Å². The molecule has 0 amide bonds. The van der Waals surface area contributed by atoms with Crippen LogP contribution in [0.3, 0.4) is 0 Å². The van der Waals surface area contributed by atoms with Gasteiger partial charge in [0.25, 0.3) is 0 Å². The van der Waals surface area contributed by atoms with Crippen molar-refractivity contribution >= 4 is 11.8 Å². The quantitative estimate of drug-likeness (QED) is 0.424. The zero-order chi connectivity index (χ0) is 10.7. The SMILES string of the molecule is CCc1c(C(C)=O)cccc1C(=O)[O-].[Na+]. The molecule has 0 aliphatic heterocycles. The molecule has 0 saturated carbocycles. The van der Waals surface area contributed by atoms with Gasteiger partial charge in [0, 0.05) is 11.1 Å². The zero-order valence-corrected chi connectivity index (χ0v) is 11.2. The van der Waals surface area contributed by atoms with Gasteiger partial charge in [-0.25, -0.2) is 0 Å². The van der Waals surface area contributed by atoms with Crippen LogP contribution in [0.4, 0.5) is 0 Å². The summed E-state index contributed by atoms with van der Waals surface area (Å²) in [6.45, 7) is 3.24. The molecule has 0 heterocycles. The fourth-order valence-electron chi connectivity index (χ4n) is 1.49. The molecular formula is C11H11NaO3. The van der Waals surface area contributed by atoms with E-state index in [1.54, 1.807) is 12.1 Å². The first-order valence-corrected chi connectivity index (χ1v) is 4.42. The molecule has 0 aromatic heterocycles. The maximum Gasteiger partial charge on any atom is 1.00 e. The smallest absolute Gasteiger partial charge is 0.545 e. The van der Waals surface area contributed by atoms with Gasteiger partial charge in [-0.05, 0) is 18.9 Å². The molecule has 15 heavy (non-hydrogen) atoms. The van der Waals surface area contributed by atoms with E-state index in [2.05, 4.69) is 0 Å². The minimum atomic E-state index is -1.23. The maximum atomic E-state index is 11.2. The Morgan fingerprint density at radius 2 is 1.80 bits per heavy atom. The number of carbonyl (C=O) groups is 2. The van der Waals surface area contributed by atoms with Crippen molar-refractivity contribution < 1.29 is 44.3 Å². The van der Waals surface area contributed by atoms with Crippen molar-refractivity contribution in [1.82, 2.24) is 0 Å². The molecule has 0 fully saturated rings. The Hall–Kier alpha value is -0.640. The van der Waals surface area contributed by atoms with Gasteiger partial charge in [-0.15, -0.1) is 0 Å². The summed E-state index contributed by atoms with van der Waals surface area (Å²) in [5.41, 5.74) is 1.13. The van der Waals surface area contributed by atoms with E-state index in [4.69, 9.17) is 0 Å². The normalized spacial score (nSPS) is 9.20. The van der Waals surface area contributed by atoms with E-state index >= 15 is 0 Å². The van der Waals surface area contributed by atoms with E-state index in [1.807, 2.05) is 6.92 Å². The second kappa shape index (κ2) is 6.05. The first kappa shape index (κ1) is 14.4. The number of carbonyl (C=O) groups excluding carboxylic acids is 2. The number of hydrogen-bond acceptors (Lipinski definition) is 3. The standard InChI is InChI=1S/C11H12O3.Na/c1-3-8-9(7(2)12)5-4-6-10(8)11(13)14;/h4-6H,3H2,1-2H3,(H,13,14);/q;+1/p-1. The molecule has 0 N–H and O–H groups in total. The van der Waals surface area contributed by atoms with Gasteiger partial charge in [0.2, 0.25) is 0 Å². The Labute approximate surface area is 111 Å². The summed E-state index contributed by atoms with van der Waals surface area (Å²) in [7, 11) is 0. The van der Waals surface area contributed by atoms with E-state index in [1.165, 1.54) is 13.0 Å². The zero-order valence-electron chi connectivity index (χ0n) is 9.16. The largest absolute Gasteiger partial charge is 1.00 e. The summed E-state index contributed by atoms with van der Waals surface area (Å²) in [5, 5.41) is 10.7. The van der Waals surface area contributed by atoms with Crippen LogP contribution in [0.1, 0.15) is 40.1 Å². The molecule has 0 bridgehead atoms. The van der Waals surface area contributed by atoms with Crippen molar-refractivity contribution in [3.05, 3.63) is 34.9 Å². The van der Waals surface area contributed by atoms with Crippen LogP contribution < -0.4 is 34.7 Å². The summed E-state index contributed by atoms with van der Waals surface area (Å²) in [6.07, 6.45) is 0.513. The van der Waals surface area contributed by atoms with Gasteiger partial charge in [0.15, 0.2) is 5.78 Å². The molecule has 0 unspecified atom stereocenters. The van der Waals surface area contributed by atoms with Crippen LogP contribution in [0.15, 0.2) is 18.2 Å². The van der Waals surface area contributed by atoms with Gasteiger partial charge >= 0.3 is 29.6 Å². The fraction of sp³-hybridized carbons (Fsp3) is 0.273. The summed E-state index contributed by atoms with van der Waals surface area (Å²) in [4.78, 5) is 21.9. The number of aromatic carboxylic acids is 1. The van der Waals surface area contributed by atoms with Crippen LogP contribution in [-0.4, -0.2) is 11.8 Å². The second-order valence-corrected chi connectivity index (χ2v) is 3.03. The third-order valence-corrected chi connectivity index (χ3v) is 2.13. The van der Waals surface area contributed by atoms with Crippen LogP contribution in [0.2, 0.25) is 0 Å². The number of Topliss-reactive ketones (excluding diaryl/α,β-unsaturated/α-hetero) is 1. The van der Waals surface area contributed by atoms with Crippen molar-refractivity contribution in [2.45, 2.75) is 20.3 Å². The average molecular weight is 214 g/mol. The molecule has 1 rings (SSSR count). The third-order valence-electron chi connectivity index (χ3n) is 2.13. The number of ketones is 1. The number of carboxylic acid groups (broad SMARTS) is 1. The van der Waals surface area contributed by atoms with Crippen molar-refractivity contribution in [2.75, 3.05) is 0 Å². The van der Waals surface area contributed by atoms with E-state index in [0.29, 0.717) is 17.5 Å². The predicted molar refractivity (Wildman–Crippen MR) is 50.2 cm³/mol. The van der Waals surface area contributed by atoms with Crippen LogP contribution in [-0.2, 0) is 6.42 Å². The first-order valence-electron chi connectivity index (χ1n) is 4.42. The Balaban J connectivity index is 0.00000196. The van der Waals surface area contributed by atoms with Gasteiger partial charge in [0.1, 0.15) is 0 Å². The Bertz CT molecular complexity index is 353. The van der Waals surface area contributed by atoms with E-state index in [-0.39, 0.29) is 40.9 Å². The Morgan fingerprint density at radius 1 is 1.27 bits per heavy atom. The minimum Gasteiger partial charge on any atom is -0.545 e. The Morgan fingerprint density at radius 3 is 2.20 bits per heavy atom. The number of hydrogen-bond donors (Lipinski definition) is 0.